The molecule has 0 radical (unpaired) electrons. The molecular formula is C20H19N3O2. The van der Waals surface area contributed by atoms with Gasteiger partial charge in [0.05, 0.1) is 13.2 Å². The topological polar surface area (TPSA) is 54.5 Å². The summed E-state index contributed by atoms with van der Waals surface area (Å²) in [4.78, 5) is 19.2. The van der Waals surface area contributed by atoms with Crippen LogP contribution in [0.2, 0.25) is 0 Å². The maximum atomic E-state index is 12.6. The van der Waals surface area contributed by atoms with Crippen molar-refractivity contribution in [1.82, 2.24) is 4.98 Å². The van der Waals surface area contributed by atoms with Crippen molar-refractivity contribution in [3.05, 3.63) is 66.4 Å². The summed E-state index contributed by atoms with van der Waals surface area (Å²) in [6, 6.07) is 19.5. The van der Waals surface area contributed by atoms with Gasteiger partial charge in [0.15, 0.2) is 0 Å². The molecule has 1 aliphatic heterocycles. The van der Waals surface area contributed by atoms with Crippen LogP contribution in [0.25, 0.3) is 10.8 Å². The van der Waals surface area contributed by atoms with Gasteiger partial charge in [-0.1, -0.05) is 36.4 Å². The minimum atomic E-state index is -0.203. The average molecular weight is 333 g/mol. The van der Waals surface area contributed by atoms with E-state index in [1.54, 1.807) is 6.07 Å². The SMILES string of the molecule is O=C(Nc1ccc2ccccc2c1)c1cccc(N2CCOCC2)n1. The zero-order chi connectivity index (χ0) is 17.1. The lowest BCUT2D eigenvalue weighted by molar-refractivity contribution is 0.102. The number of fused-ring (bicyclic) bond motifs is 1. The minimum absolute atomic E-state index is 0.203. The number of hydrogen-bond acceptors (Lipinski definition) is 4. The number of anilines is 2. The molecule has 1 fully saturated rings. The molecule has 0 spiro atoms. The molecule has 1 aliphatic rings. The number of morpholine rings is 1. The number of benzene rings is 2. The molecule has 2 heterocycles. The molecule has 1 saturated heterocycles. The fraction of sp³-hybridized carbons (Fsp3) is 0.200. The summed E-state index contributed by atoms with van der Waals surface area (Å²) in [7, 11) is 0. The van der Waals surface area contributed by atoms with Gasteiger partial charge in [0.2, 0.25) is 0 Å². The number of ether oxygens (including phenoxy) is 1. The van der Waals surface area contributed by atoms with Crippen LogP contribution in [0.5, 0.6) is 0 Å². The number of amides is 1. The minimum Gasteiger partial charge on any atom is -0.378 e. The van der Waals surface area contributed by atoms with Crippen molar-refractivity contribution >= 4 is 28.2 Å². The molecule has 0 aliphatic carbocycles. The second-order valence-corrected chi connectivity index (χ2v) is 6.00. The van der Waals surface area contributed by atoms with Crippen LogP contribution in [0.3, 0.4) is 0 Å². The molecule has 0 saturated carbocycles. The van der Waals surface area contributed by atoms with Gasteiger partial charge in [-0.25, -0.2) is 4.98 Å². The molecular weight excluding hydrogens is 314 g/mol. The van der Waals surface area contributed by atoms with Crippen LogP contribution in [0.4, 0.5) is 11.5 Å². The summed E-state index contributed by atoms with van der Waals surface area (Å²) >= 11 is 0. The highest BCUT2D eigenvalue weighted by Crippen LogP contribution is 2.20. The Bertz CT molecular complexity index is 904. The maximum Gasteiger partial charge on any atom is 0.274 e. The quantitative estimate of drug-likeness (QED) is 0.799. The predicted molar refractivity (Wildman–Crippen MR) is 99.2 cm³/mol. The molecule has 1 amide bonds. The molecule has 0 bridgehead atoms. The monoisotopic (exact) mass is 333 g/mol. The summed E-state index contributed by atoms with van der Waals surface area (Å²) in [6.07, 6.45) is 0. The molecule has 3 aromatic rings. The first-order chi connectivity index (χ1) is 12.3. The lowest BCUT2D eigenvalue weighted by atomic mass is 10.1. The van der Waals surface area contributed by atoms with Crippen LogP contribution < -0.4 is 10.2 Å². The highest BCUT2D eigenvalue weighted by Gasteiger charge is 2.15. The van der Waals surface area contributed by atoms with Gasteiger partial charge in [-0.15, -0.1) is 0 Å². The first-order valence-electron chi connectivity index (χ1n) is 8.39. The van der Waals surface area contributed by atoms with Crippen molar-refractivity contribution < 1.29 is 9.53 Å². The van der Waals surface area contributed by atoms with E-state index in [1.807, 2.05) is 54.6 Å². The van der Waals surface area contributed by atoms with E-state index in [0.29, 0.717) is 18.9 Å². The van der Waals surface area contributed by atoms with Crippen LogP contribution in [-0.2, 0) is 4.74 Å². The van der Waals surface area contributed by atoms with Gasteiger partial charge in [0, 0.05) is 18.8 Å². The fourth-order valence-electron chi connectivity index (χ4n) is 2.98. The molecule has 0 unspecified atom stereocenters. The predicted octanol–water partition coefficient (Wildman–Crippen LogP) is 3.32. The molecule has 25 heavy (non-hydrogen) atoms. The molecule has 4 rings (SSSR count). The first kappa shape index (κ1) is 15.6. The summed E-state index contributed by atoms with van der Waals surface area (Å²) in [5.41, 5.74) is 1.18. The van der Waals surface area contributed by atoms with E-state index in [1.165, 1.54) is 0 Å². The molecule has 1 aromatic heterocycles. The Balaban J connectivity index is 1.53. The second-order valence-electron chi connectivity index (χ2n) is 6.00. The van der Waals surface area contributed by atoms with E-state index in [-0.39, 0.29) is 5.91 Å². The van der Waals surface area contributed by atoms with E-state index in [0.717, 1.165) is 35.4 Å². The third-order valence-electron chi connectivity index (χ3n) is 4.31. The van der Waals surface area contributed by atoms with Crippen molar-refractivity contribution in [3.63, 3.8) is 0 Å². The largest absolute Gasteiger partial charge is 0.378 e. The lowest BCUT2D eigenvalue weighted by Gasteiger charge is -2.27. The standard InChI is InChI=1S/C20H19N3O2/c24-20(21-17-9-8-15-4-1-2-5-16(15)14-17)18-6-3-7-19(22-18)23-10-12-25-13-11-23/h1-9,14H,10-13H2,(H,21,24). The Morgan fingerprint density at radius 3 is 2.60 bits per heavy atom. The van der Waals surface area contributed by atoms with Crippen molar-refractivity contribution in [2.45, 2.75) is 0 Å². The third-order valence-corrected chi connectivity index (χ3v) is 4.31. The maximum absolute atomic E-state index is 12.6. The molecule has 1 N–H and O–H groups in total. The zero-order valence-electron chi connectivity index (χ0n) is 13.8. The number of carbonyl (C=O) groups excluding carboxylic acids is 1. The Hall–Kier alpha value is -2.92. The van der Waals surface area contributed by atoms with Gasteiger partial charge in [-0.05, 0) is 35.0 Å². The molecule has 2 aromatic carbocycles. The molecule has 5 nitrogen and oxygen atoms in total. The second kappa shape index (κ2) is 6.91. The van der Waals surface area contributed by atoms with Gasteiger partial charge < -0.3 is 15.0 Å². The van der Waals surface area contributed by atoms with E-state index in [2.05, 4.69) is 15.2 Å². The summed E-state index contributed by atoms with van der Waals surface area (Å²) < 4.78 is 5.36. The van der Waals surface area contributed by atoms with Crippen LogP contribution in [0.1, 0.15) is 10.5 Å². The summed E-state index contributed by atoms with van der Waals surface area (Å²) in [5.74, 6) is 0.611. The van der Waals surface area contributed by atoms with Crippen LogP contribution in [0.15, 0.2) is 60.7 Å². The number of pyridine rings is 1. The Morgan fingerprint density at radius 2 is 1.76 bits per heavy atom. The lowest BCUT2D eigenvalue weighted by Crippen LogP contribution is -2.37. The normalized spacial score (nSPS) is 14.5. The van der Waals surface area contributed by atoms with Crippen LogP contribution >= 0.6 is 0 Å². The summed E-state index contributed by atoms with van der Waals surface area (Å²) in [5, 5.41) is 5.17. The molecule has 5 heteroatoms. The van der Waals surface area contributed by atoms with Gasteiger partial charge >= 0.3 is 0 Å². The van der Waals surface area contributed by atoms with Crippen molar-refractivity contribution in [2.24, 2.45) is 0 Å². The van der Waals surface area contributed by atoms with Gasteiger partial charge in [0.25, 0.3) is 5.91 Å². The number of rotatable bonds is 3. The fourth-order valence-corrected chi connectivity index (χ4v) is 2.98. The number of nitrogens with zero attached hydrogens (tertiary/aromatic N) is 2. The van der Waals surface area contributed by atoms with Gasteiger partial charge in [-0.3, -0.25) is 4.79 Å². The number of carbonyl (C=O) groups is 1. The molecule has 126 valence electrons. The number of nitrogens with one attached hydrogen (secondary N) is 1. The zero-order valence-corrected chi connectivity index (χ0v) is 13.8. The van der Waals surface area contributed by atoms with E-state index >= 15 is 0 Å². The number of aromatic nitrogens is 1. The van der Waals surface area contributed by atoms with Gasteiger partial charge in [0.1, 0.15) is 11.5 Å². The highest BCUT2D eigenvalue weighted by atomic mass is 16.5. The smallest absolute Gasteiger partial charge is 0.274 e. The van der Waals surface area contributed by atoms with Crippen molar-refractivity contribution in [1.29, 1.82) is 0 Å². The van der Waals surface area contributed by atoms with Crippen molar-refractivity contribution in [3.8, 4) is 0 Å². The average Bonchev–Trinajstić information content (AvgIpc) is 2.69. The van der Waals surface area contributed by atoms with E-state index in [4.69, 9.17) is 4.74 Å². The highest BCUT2D eigenvalue weighted by molar-refractivity contribution is 6.04. The van der Waals surface area contributed by atoms with E-state index in [9.17, 15) is 4.79 Å². The molecule has 0 atom stereocenters. The first-order valence-corrected chi connectivity index (χ1v) is 8.39. The van der Waals surface area contributed by atoms with Crippen LogP contribution in [-0.4, -0.2) is 37.2 Å². The summed E-state index contributed by atoms with van der Waals surface area (Å²) in [6.45, 7) is 2.97. The third kappa shape index (κ3) is 3.46. The van der Waals surface area contributed by atoms with Crippen LogP contribution in [0, 0.1) is 0 Å². The Morgan fingerprint density at radius 1 is 0.960 bits per heavy atom. The Kier molecular flexibility index (Phi) is 4.31. The van der Waals surface area contributed by atoms with Gasteiger partial charge in [-0.2, -0.15) is 0 Å². The van der Waals surface area contributed by atoms with Crippen molar-refractivity contribution in [2.75, 3.05) is 36.5 Å². The van der Waals surface area contributed by atoms with E-state index < -0.39 is 0 Å². The Labute approximate surface area is 146 Å². The number of hydrogen-bond donors (Lipinski definition) is 1.